The summed E-state index contributed by atoms with van der Waals surface area (Å²) in [6.45, 7) is 6.45. The number of aromatic nitrogens is 2. The van der Waals surface area contributed by atoms with Crippen LogP contribution in [0.15, 0.2) is 36.7 Å². The van der Waals surface area contributed by atoms with E-state index in [1.165, 1.54) is 28.1 Å². The van der Waals surface area contributed by atoms with Gasteiger partial charge in [-0.05, 0) is 38.5 Å². The number of carboxylic acids is 1. The number of halogens is 1. The molecule has 0 aliphatic carbocycles. The molecule has 2 fully saturated rings. The highest BCUT2D eigenvalue weighted by molar-refractivity contribution is 5.94. The van der Waals surface area contributed by atoms with Crippen LogP contribution >= 0.6 is 0 Å². The van der Waals surface area contributed by atoms with Crippen molar-refractivity contribution in [1.82, 2.24) is 19.6 Å². The third-order valence-electron chi connectivity index (χ3n) is 6.03. The molecule has 1 N–H and O–H groups in total. The first-order valence-corrected chi connectivity index (χ1v) is 10.7. The Morgan fingerprint density at radius 3 is 2.39 bits per heavy atom. The molecule has 3 heterocycles. The molecule has 0 radical (unpaired) electrons. The van der Waals surface area contributed by atoms with Crippen LogP contribution in [0.5, 0.6) is 0 Å². The van der Waals surface area contributed by atoms with Crippen LogP contribution in [0, 0.1) is 17.2 Å². The minimum atomic E-state index is -0.985. The van der Waals surface area contributed by atoms with Crippen molar-refractivity contribution in [3.05, 3.63) is 53.6 Å². The van der Waals surface area contributed by atoms with Crippen LogP contribution in [0.2, 0.25) is 0 Å². The van der Waals surface area contributed by atoms with Crippen molar-refractivity contribution >= 4 is 18.0 Å². The molecule has 9 nitrogen and oxygen atoms in total. The Balaban J connectivity index is 1.42. The van der Waals surface area contributed by atoms with Gasteiger partial charge >= 0.3 is 12.1 Å². The topological polar surface area (TPSA) is 105 Å². The van der Waals surface area contributed by atoms with E-state index in [-0.39, 0.29) is 37.9 Å². The second-order valence-corrected chi connectivity index (χ2v) is 9.83. The predicted octanol–water partition coefficient (Wildman–Crippen LogP) is 2.46. The summed E-state index contributed by atoms with van der Waals surface area (Å²) >= 11 is 0. The Morgan fingerprint density at radius 2 is 1.79 bits per heavy atom. The highest BCUT2D eigenvalue weighted by Crippen LogP contribution is 2.45. The highest BCUT2D eigenvalue weighted by atomic mass is 19.1. The maximum atomic E-state index is 13.1. The first-order chi connectivity index (χ1) is 15.5. The van der Waals surface area contributed by atoms with E-state index in [4.69, 9.17) is 4.74 Å². The number of rotatable bonds is 4. The molecule has 10 heteroatoms. The molecule has 33 heavy (non-hydrogen) atoms. The molecule has 1 spiro atoms. The normalized spacial score (nSPS) is 19.5. The molecule has 1 aromatic carbocycles. The van der Waals surface area contributed by atoms with Crippen molar-refractivity contribution in [1.29, 1.82) is 0 Å². The van der Waals surface area contributed by atoms with Gasteiger partial charge in [-0.15, -0.1) is 0 Å². The number of carbonyl (C=O) groups excluding carboxylic acids is 2. The Bertz CT molecular complexity index is 1070. The molecule has 2 aliphatic rings. The summed E-state index contributed by atoms with van der Waals surface area (Å²) in [5, 5.41) is 14.0. The number of benzene rings is 1. The summed E-state index contributed by atoms with van der Waals surface area (Å²) in [6.07, 6.45) is 2.56. The zero-order chi connectivity index (χ0) is 24.0. The van der Waals surface area contributed by atoms with Gasteiger partial charge in [0.25, 0.3) is 5.91 Å². The summed E-state index contributed by atoms with van der Waals surface area (Å²) in [5.74, 6) is -2.39. The first-order valence-electron chi connectivity index (χ1n) is 10.7. The van der Waals surface area contributed by atoms with Crippen molar-refractivity contribution < 1.29 is 28.6 Å². The number of aliphatic carboxylic acids is 1. The Labute approximate surface area is 190 Å². The Kier molecular flexibility index (Phi) is 5.63. The standard InChI is InChI=1S/C23H27FN4O5/c1-22(2,3)33-21(32)27-13-23(14-27)12-26(11-18(23)20(30)31)19(29)16-8-25-28(10-16)9-15-4-6-17(24)7-5-15/h4-8,10,18H,9,11-14H2,1-3H3,(H,30,31)/t18-/m0/s1. The minimum Gasteiger partial charge on any atom is -0.481 e. The van der Waals surface area contributed by atoms with Crippen molar-refractivity contribution in [2.45, 2.75) is 32.9 Å². The van der Waals surface area contributed by atoms with Crippen molar-refractivity contribution in [3.63, 3.8) is 0 Å². The summed E-state index contributed by atoms with van der Waals surface area (Å²) in [7, 11) is 0. The highest BCUT2D eigenvalue weighted by Gasteiger charge is 2.59. The number of likely N-dealkylation sites (tertiary alicyclic amines) is 2. The number of amides is 2. The number of hydrogen-bond acceptors (Lipinski definition) is 5. The van der Waals surface area contributed by atoms with Crippen molar-refractivity contribution in [2.75, 3.05) is 26.2 Å². The van der Waals surface area contributed by atoms with E-state index in [0.29, 0.717) is 12.1 Å². The predicted molar refractivity (Wildman–Crippen MR) is 115 cm³/mol. The van der Waals surface area contributed by atoms with Gasteiger partial charge in [0.15, 0.2) is 0 Å². The fourth-order valence-corrected chi connectivity index (χ4v) is 4.47. The lowest BCUT2D eigenvalue weighted by atomic mass is 9.72. The molecule has 2 aromatic rings. The molecule has 2 aliphatic heterocycles. The maximum Gasteiger partial charge on any atom is 0.410 e. The maximum absolute atomic E-state index is 13.1. The van der Waals surface area contributed by atoms with Crippen LogP contribution in [-0.4, -0.2) is 74.4 Å². The summed E-state index contributed by atoms with van der Waals surface area (Å²) in [4.78, 5) is 40.3. The van der Waals surface area contributed by atoms with Crippen LogP contribution < -0.4 is 0 Å². The summed E-state index contributed by atoms with van der Waals surface area (Å²) in [6, 6.07) is 6.01. The molecule has 2 saturated heterocycles. The van der Waals surface area contributed by atoms with Gasteiger partial charge in [0.1, 0.15) is 11.4 Å². The molecule has 0 bridgehead atoms. The van der Waals surface area contributed by atoms with Crippen LogP contribution in [-0.2, 0) is 16.1 Å². The quantitative estimate of drug-likeness (QED) is 0.755. The molecule has 176 valence electrons. The second-order valence-electron chi connectivity index (χ2n) is 9.83. The first kappa shape index (κ1) is 22.8. The molecule has 4 rings (SSSR count). The van der Waals surface area contributed by atoms with E-state index < -0.39 is 29.0 Å². The average Bonchev–Trinajstić information content (AvgIpc) is 3.32. The monoisotopic (exact) mass is 458 g/mol. The van der Waals surface area contributed by atoms with Crippen LogP contribution in [0.4, 0.5) is 9.18 Å². The van der Waals surface area contributed by atoms with E-state index in [2.05, 4.69) is 5.10 Å². The largest absolute Gasteiger partial charge is 0.481 e. The van der Waals surface area contributed by atoms with Crippen LogP contribution in [0.3, 0.4) is 0 Å². The lowest BCUT2D eigenvalue weighted by molar-refractivity contribution is -0.149. The van der Waals surface area contributed by atoms with E-state index >= 15 is 0 Å². The third-order valence-corrected chi connectivity index (χ3v) is 6.03. The van der Waals surface area contributed by atoms with Gasteiger partial charge in [0, 0.05) is 37.8 Å². The number of carbonyl (C=O) groups is 3. The number of ether oxygens (including phenoxy) is 1. The molecule has 1 atom stereocenters. The van der Waals surface area contributed by atoms with E-state index in [1.54, 1.807) is 43.8 Å². The van der Waals surface area contributed by atoms with Gasteiger partial charge in [0.2, 0.25) is 0 Å². The van der Waals surface area contributed by atoms with Gasteiger partial charge < -0.3 is 19.6 Å². The molecule has 0 unspecified atom stereocenters. The second kappa shape index (κ2) is 8.17. The van der Waals surface area contributed by atoms with Gasteiger partial charge in [-0.1, -0.05) is 12.1 Å². The Hall–Kier alpha value is -3.43. The summed E-state index contributed by atoms with van der Waals surface area (Å²) in [5.41, 5.74) is -0.150. The minimum absolute atomic E-state index is 0.0689. The fraction of sp³-hybridized carbons (Fsp3) is 0.478. The number of hydrogen-bond donors (Lipinski definition) is 1. The zero-order valence-electron chi connectivity index (χ0n) is 18.8. The fourth-order valence-electron chi connectivity index (χ4n) is 4.47. The lowest BCUT2D eigenvalue weighted by Crippen LogP contribution is -2.63. The third kappa shape index (κ3) is 4.69. The number of carboxylic acid groups (broad SMARTS) is 1. The van der Waals surface area contributed by atoms with E-state index in [0.717, 1.165) is 5.56 Å². The molecule has 0 saturated carbocycles. The molecule has 2 amide bonds. The molecule has 1 aromatic heterocycles. The van der Waals surface area contributed by atoms with E-state index in [1.807, 2.05) is 0 Å². The van der Waals surface area contributed by atoms with Crippen LogP contribution in [0.1, 0.15) is 36.7 Å². The molecular weight excluding hydrogens is 431 g/mol. The van der Waals surface area contributed by atoms with Gasteiger partial charge in [0.05, 0.1) is 24.2 Å². The van der Waals surface area contributed by atoms with Crippen molar-refractivity contribution in [3.8, 4) is 0 Å². The average molecular weight is 458 g/mol. The van der Waals surface area contributed by atoms with Gasteiger partial charge in [-0.25, -0.2) is 9.18 Å². The molecular formula is C23H27FN4O5. The number of nitrogens with zero attached hydrogens (tertiary/aromatic N) is 4. The van der Waals surface area contributed by atoms with Gasteiger partial charge in [-0.3, -0.25) is 14.3 Å². The van der Waals surface area contributed by atoms with Crippen molar-refractivity contribution in [2.24, 2.45) is 11.3 Å². The SMILES string of the molecule is CC(C)(C)OC(=O)N1CC2(C1)CN(C(=O)c1cnn(Cc3ccc(F)cc3)c1)C[C@H]2C(=O)O. The van der Waals surface area contributed by atoms with Crippen LogP contribution in [0.25, 0.3) is 0 Å². The van der Waals surface area contributed by atoms with Gasteiger partial charge in [-0.2, -0.15) is 5.10 Å². The summed E-state index contributed by atoms with van der Waals surface area (Å²) < 4.78 is 20.0. The smallest absolute Gasteiger partial charge is 0.410 e. The lowest BCUT2D eigenvalue weighted by Gasteiger charge is -2.49. The Morgan fingerprint density at radius 1 is 1.15 bits per heavy atom. The zero-order valence-corrected chi connectivity index (χ0v) is 18.8. The van der Waals surface area contributed by atoms with E-state index in [9.17, 15) is 23.9 Å².